The van der Waals surface area contributed by atoms with E-state index >= 15 is 0 Å². The predicted octanol–water partition coefficient (Wildman–Crippen LogP) is 6.71. The fraction of sp³-hybridized carbons (Fsp3) is 0.212. The van der Waals surface area contributed by atoms with E-state index < -0.39 is 0 Å². The number of nitrogens with zero attached hydrogens (tertiary/aromatic N) is 4. The van der Waals surface area contributed by atoms with Crippen molar-refractivity contribution >= 4 is 28.4 Å². The molecule has 1 saturated heterocycles. The van der Waals surface area contributed by atoms with Gasteiger partial charge < -0.3 is 25.1 Å². The summed E-state index contributed by atoms with van der Waals surface area (Å²) in [5.74, 6) is 1.41. The van der Waals surface area contributed by atoms with E-state index in [-0.39, 0.29) is 11.9 Å². The third-order valence-corrected chi connectivity index (χ3v) is 7.40. The molecule has 5 aromatic rings. The molecular weight excluding hydrogens is 528 g/mol. The smallest absolute Gasteiger partial charge is 0.250 e. The molecule has 3 N–H and O–H groups in total. The summed E-state index contributed by atoms with van der Waals surface area (Å²) < 4.78 is 14.0. The lowest BCUT2D eigenvalue weighted by atomic mass is 9.98. The van der Waals surface area contributed by atoms with Crippen LogP contribution in [0.5, 0.6) is 11.6 Å². The number of amides is 1. The minimum Gasteiger partial charge on any atom is -0.439 e. The minimum atomic E-state index is -0.217. The fourth-order valence-corrected chi connectivity index (χ4v) is 5.35. The molecule has 0 aliphatic carbocycles. The third-order valence-electron chi connectivity index (χ3n) is 7.40. The molecule has 1 aliphatic rings. The van der Waals surface area contributed by atoms with E-state index in [2.05, 4.69) is 26.4 Å². The highest BCUT2D eigenvalue weighted by atomic mass is 16.5. The second-order valence-corrected chi connectivity index (χ2v) is 10.5. The lowest BCUT2D eigenvalue weighted by Crippen LogP contribution is -2.20. The number of fused-ring (bicyclic) bond motifs is 1. The number of pyridine rings is 1. The van der Waals surface area contributed by atoms with Crippen molar-refractivity contribution < 1.29 is 14.3 Å². The summed E-state index contributed by atoms with van der Waals surface area (Å²) in [4.78, 5) is 25.8. The van der Waals surface area contributed by atoms with E-state index in [1.165, 1.54) is 6.33 Å². The molecule has 0 radical (unpaired) electrons. The van der Waals surface area contributed by atoms with Crippen molar-refractivity contribution in [1.29, 1.82) is 0 Å². The standard InChI is InChI=1S/C33H32N6O3/c1-20(2)33(40)38-24-11-7-23(8-12-24)30-28(22-9-13-26(14-10-22)42-27-6-4-5-21(3)37-27)29-31(34)35-19-36-32(29)39(30)25-15-17-41-18-16-25/h4-14,19,25H,1,15-18H2,2-3H3,(H,38,40)(H2,34,35,36). The maximum atomic E-state index is 12.2. The first-order valence-electron chi connectivity index (χ1n) is 13.9. The van der Waals surface area contributed by atoms with Gasteiger partial charge in [0.15, 0.2) is 0 Å². The Morgan fingerprint density at radius 2 is 1.74 bits per heavy atom. The number of nitrogen functional groups attached to an aromatic ring is 1. The number of ether oxygens (including phenoxy) is 2. The molecule has 9 heteroatoms. The number of nitrogens with two attached hydrogens (primary N) is 1. The summed E-state index contributed by atoms with van der Waals surface area (Å²) in [6.07, 6.45) is 3.22. The maximum Gasteiger partial charge on any atom is 0.250 e. The fourth-order valence-electron chi connectivity index (χ4n) is 5.35. The summed E-state index contributed by atoms with van der Waals surface area (Å²) in [6, 6.07) is 21.5. The predicted molar refractivity (Wildman–Crippen MR) is 164 cm³/mol. The SMILES string of the molecule is C=C(C)C(=O)Nc1ccc(-c2c(-c3ccc(Oc4cccc(C)n4)cc3)c3c(N)ncnc3n2C2CCOCC2)cc1. The highest BCUT2D eigenvalue weighted by molar-refractivity contribution is 6.08. The van der Waals surface area contributed by atoms with E-state index in [0.717, 1.165) is 52.0 Å². The van der Waals surface area contributed by atoms with E-state index in [9.17, 15) is 4.79 Å². The first-order chi connectivity index (χ1) is 20.4. The monoisotopic (exact) mass is 560 g/mol. The van der Waals surface area contributed by atoms with Crippen LogP contribution in [0.15, 0.2) is 85.2 Å². The van der Waals surface area contributed by atoms with Crippen molar-refractivity contribution in [3.05, 3.63) is 90.9 Å². The molecular formula is C33H32N6O3. The Bertz CT molecular complexity index is 1770. The maximum absolute atomic E-state index is 12.2. The van der Waals surface area contributed by atoms with Crippen LogP contribution in [0.1, 0.15) is 31.5 Å². The number of nitrogens with one attached hydrogen (secondary N) is 1. The van der Waals surface area contributed by atoms with Gasteiger partial charge in [-0.3, -0.25) is 4.79 Å². The van der Waals surface area contributed by atoms with Gasteiger partial charge in [0.2, 0.25) is 5.88 Å². The van der Waals surface area contributed by atoms with Crippen LogP contribution in [0.25, 0.3) is 33.4 Å². The molecule has 0 spiro atoms. The van der Waals surface area contributed by atoms with Crippen molar-refractivity contribution in [3.8, 4) is 34.0 Å². The Morgan fingerprint density at radius 1 is 1.02 bits per heavy atom. The largest absolute Gasteiger partial charge is 0.439 e. The molecule has 0 unspecified atom stereocenters. The number of hydrogen-bond acceptors (Lipinski definition) is 7. The van der Waals surface area contributed by atoms with Crippen LogP contribution < -0.4 is 15.8 Å². The highest BCUT2D eigenvalue weighted by Gasteiger charge is 2.28. The average molecular weight is 561 g/mol. The third kappa shape index (κ3) is 5.34. The number of carbonyl (C=O) groups is 1. The molecule has 212 valence electrons. The van der Waals surface area contributed by atoms with Crippen LogP contribution in [-0.2, 0) is 9.53 Å². The lowest BCUT2D eigenvalue weighted by Gasteiger charge is -2.26. The van der Waals surface area contributed by atoms with Crippen molar-refractivity contribution in [3.63, 3.8) is 0 Å². The number of rotatable bonds is 7. The average Bonchev–Trinajstić information content (AvgIpc) is 3.35. The number of carbonyl (C=O) groups excluding carboxylic acids is 1. The van der Waals surface area contributed by atoms with E-state index in [1.807, 2.05) is 73.7 Å². The van der Waals surface area contributed by atoms with Gasteiger partial charge >= 0.3 is 0 Å². The molecule has 6 rings (SSSR count). The van der Waals surface area contributed by atoms with Crippen LogP contribution in [-0.4, -0.2) is 38.6 Å². The molecule has 0 atom stereocenters. The first-order valence-corrected chi connectivity index (χ1v) is 13.9. The number of aryl methyl sites for hydroxylation is 1. The Hall–Kier alpha value is -5.02. The summed E-state index contributed by atoms with van der Waals surface area (Å²) in [5, 5.41) is 3.69. The van der Waals surface area contributed by atoms with Crippen LogP contribution >= 0.6 is 0 Å². The van der Waals surface area contributed by atoms with Gasteiger partial charge in [-0.2, -0.15) is 0 Å². The van der Waals surface area contributed by atoms with Gasteiger partial charge in [0.05, 0.1) is 11.1 Å². The molecule has 4 heterocycles. The number of aromatic nitrogens is 4. The quantitative estimate of drug-likeness (QED) is 0.213. The summed E-state index contributed by atoms with van der Waals surface area (Å²) in [6.45, 7) is 8.68. The second-order valence-electron chi connectivity index (χ2n) is 10.5. The van der Waals surface area contributed by atoms with Gasteiger partial charge in [0.25, 0.3) is 5.91 Å². The van der Waals surface area contributed by atoms with E-state index in [4.69, 9.17) is 20.2 Å². The van der Waals surface area contributed by atoms with Gasteiger partial charge in [-0.05, 0) is 68.1 Å². The molecule has 0 saturated carbocycles. The van der Waals surface area contributed by atoms with E-state index in [1.54, 1.807) is 6.92 Å². The summed E-state index contributed by atoms with van der Waals surface area (Å²) in [5.41, 5.74) is 13.2. The molecule has 0 bridgehead atoms. The van der Waals surface area contributed by atoms with Crippen molar-refractivity contribution in [2.45, 2.75) is 32.7 Å². The molecule has 3 aromatic heterocycles. The summed E-state index contributed by atoms with van der Waals surface area (Å²) in [7, 11) is 0. The lowest BCUT2D eigenvalue weighted by molar-refractivity contribution is -0.112. The number of hydrogen-bond donors (Lipinski definition) is 2. The second kappa shape index (κ2) is 11.5. The van der Waals surface area contributed by atoms with Crippen LogP contribution in [0.3, 0.4) is 0 Å². The van der Waals surface area contributed by atoms with Crippen LogP contribution in [0, 0.1) is 6.92 Å². The van der Waals surface area contributed by atoms with E-state index in [0.29, 0.717) is 41.9 Å². The Labute approximate surface area is 244 Å². The van der Waals surface area contributed by atoms with Crippen LogP contribution in [0.2, 0.25) is 0 Å². The zero-order chi connectivity index (χ0) is 29.2. The van der Waals surface area contributed by atoms with Crippen LogP contribution in [0.4, 0.5) is 11.5 Å². The first kappa shape index (κ1) is 27.2. The highest BCUT2D eigenvalue weighted by Crippen LogP contribution is 2.45. The Kier molecular flexibility index (Phi) is 7.41. The Balaban J connectivity index is 1.49. The number of benzene rings is 2. The van der Waals surface area contributed by atoms with Crippen molar-refractivity contribution in [1.82, 2.24) is 19.5 Å². The van der Waals surface area contributed by atoms with Gasteiger partial charge in [-0.1, -0.05) is 36.9 Å². The molecule has 9 nitrogen and oxygen atoms in total. The zero-order valence-corrected chi connectivity index (χ0v) is 23.6. The summed E-state index contributed by atoms with van der Waals surface area (Å²) >= 11 is 0. The molecule has 1 fully saturated rings. The topological polar surface area (TPSA) is 117 Å². The number of anilines is 2. The molecule has 1 amide bonds. The molecule has 42 heavy (non-hydrogen) atoms. The molecule has 2 aromatic carbocycles. The normalized spacial score (nSPS) is 13.7. The minimum absolute atomic E-state index is 0.164. The molecule has 1 aliphatic heterocycles. The van der Waals surface area contributed by atoms with Gasteiger partial charge in [-0.15, -0.1) is 0 Å². The van der Waals surface area contributed by atoms with Crippen molar-refractivity contribution in [2.24, 2.45) is 0 Å². The van der Waals surface area contributed by atoms with Gasteiger partial charge in [-0.25, -0.2) is 15.0 Å². The zero-order valence-electron chi connectivity index (χ0n) is 23.6. The van der Waals surface area contributed by atoms with Gasteiger partial charge in [0, 0.05) is 47.8 Å². The van der Waals surface area contributed by atoms with Crippen molar-refractivity contribution in [2.75, 3.05) is 24.3 Å². The Morgan fingerprint density at radius 3 is 2.43 bits per heavy atom. The van der Waals surface area contributed by atoms with Gasteiger partial charge in [0.1, 0.15) is 23.5 Å².